The first-order valence-electron chi connectivity index (χ1n) is 10.1. The number of nitrogens with zero attached hydrogens (tertiary/aromatic N) is 1. The van der Waals surface area contributed by atoms with Crippen LogP contribution in [-0.2, 0) is 22.6 Å². The average Bonchev–Trinajstić information content (AvgIpc) is 2.67. The molecule has 2 rings (SSSR count). The molecule has 0 fully saturated rings. The van der Waals surface area contributed by atoms with E-state index in [1.54, 1.807) is 17.9 Å². The van der Waals surface area contributed by atoms with Crippen LogP contribution in [0.25, 0.3) is 0 Å². The van der Waals surface area contributed by atoms with E-state index in [-0.39, 0.29) is 18.2 Å². The van der Waals surface area contributed by atoms with Crippen LogP contribution in [0.15, 0.2) is 42.5 Å². The van der Waals surface area contributed by atoms with Crippen LogP contribution < -0.4 is 5.32 Å². The van der Waals surface area contributed by atoms with Crippen molar-refractivity contribution in [2.24, 2.45) is 5.92 Å². The predicted molar refractivity (Wildman–Crippen MR) is 119 cm³/mol. The Kier molecular flexibility index (Phi) is 8.27. The molecule has 0 aromatic heterocycles. The summed E-state index contributed by atoms with van der Waals surface area (Å²) < 4.78 is 0. The summed E-state index contributed by atoms with van der Waals surface area (Å²) in [6, 6.07) is 12.9. The first kappa shape index (κ1) is 23.0. The minimum atomic E-state index is -0.593. The van der Waals surface area contributed by atoms with Crippen molar-refractivity contribution >= 4 is 23.4 Å². The van der Waals surface area contributed by atoms with E-state index in [4.69, 9.17) is 11.6 Å². The summed E-state index contributed by atoms with van der Waals surface area (Å²) in [6.07, 6.45) is 0.243. The molecule has 1 atom stereocenters. The van der Waals surface area contributed by atoms with Gasteiger partial charge in [0, 0.05) is 18.1 Å². The highest BCUT2D eigenvalue weighted by Crippen LogP contribution is 2.20. The quantitative estimate of drug-likeness (QED) is 0.681. The lowest BCUT2D eigenvalue weighted by Crippen LogP contribution is -2.48. The molecule has 1 N–H and O–H groups in total. The largest absolute Gasteiger partial charge is 0.354 e. The zero-order chi connectivity index (χ0) is 21.6. The molecule has 5 heteroatoms. The molecular formula is C24H31ClN2O2. The number of carbonyl (C=O) groups excluding carboxylic acids is 2. The molecule has 0 saturated heterocycles. The van der Waals surface area contributed by atoms with E-state index in [0.717, 1.165) is 16.7 Å². The van der Waals surface area contributed by atoms with Gasteiger partial charge in [-0.15, -0.1) is 0 Å². The molecule has 0 spiro atoms. The number of amides is 2. The van der Waals surface area contributed by atoms with E-state index in [2.05, 4.69) is 5.32 Å². The fourth-order valence-electron chi connectivity index (χ4n) is 3.03. The molecule has 2 aromatic rings. The Hall–Kier alpha value is -2.33. The Morgan fingerprint density at radius 2 is 1.72 bits per heavy atom. The summed E-state index contributed by atoms with van der Waals surface area (Å²) in [7, 11) is 0. The van der Waals surface area contributed by atoms with Gasteiger partial charge < -0.3 is 10.2 Å². The van der Waals surface area contributed by atoms with E-state index in [0.29, 0.717) is 24.0 Å². The summed E-state index contributed by atoms with van der Waals surface area (Å²) in [5.41, 5.74) is 4.11. The van der Waals surface area contributed by atoms with Crippen molar-refractivity contribution < 1.29 is 9.59 Å². The van der Waals surface area contributed by atoms with Crippen LogP contribution in [0.4, 0.5) is 0 Å². The highest BCUT2D eigenvalue weighted by Gasteiger charge is 2.26. The Balaban J connectivity index is 2.24. The predicted octanol–water partition coefficient (Wildman–Crippen LogP) is 4.69. The maximum Gasteiger partial charge on any atom is 0.242 e. The molecule has 1 unspecified atom stereocenters. The summed E-state index contributed by atoms with van der Waals surface area (Å²) >= 11 is 6.32. The van der Waals surface area contributed by atoms with Crippen molar-refractivity contribution in [1.82, 2.24) is 10.2 Å². The average molecular weight is 415 g/mol. The van der Waals surface area contributed by atoms with Gasteiger partial charge >= 0.3 is 0 Å². The standard InChI is InChI=1S/C24H31ClN2O2/c1-16(2)14-26-24(29)19(5)27(15-21-8-6-7-9-22(21)25)23(28)13-20-11-10-17(3)18(4)12-20/h6-12,16,19H,13-15H2,1-5H3,(H,26,29). The molecule has 0 radical (unpaired) electrons. The minimum absolute atomic E-state index is 0.0969. The topological polar surface area (TPSA) is 49.4 Å². The molecule has 4 nitrogen and oxygen atoms in total. The Labute approximate surface area is 179 Å². The molecule has 0 saturated carbocycles. The van der Waals surface area contributed by atoms with E-state index in [9.17, 15) is 9.59 Å². The maximum atomic E-state index is 13.2. The number of hydrogen-bond acceptors (Lipinski definition) is 2. The van der Waals surface area contributed by atoms with E-state index >= 15 is 0 Å². The second-order valence-electron chi connectivity index (χ2n) is 8.02. The normalized spacial score (nSPS) is 12.0. The van der Waals surface area contributed by atoms with Crippen molar-refractivity contribution in [2.45, 2.75) is 53.6 Å². The van der Waals surface area contributed by atoms with Crippen molar-refractivity contribution in [3.63, 3.8) is 0 Å². The number of benzene rings is 2. The first-order valence-corrected chi connectivity index (χ1v) is 10.4. The fraction of sp³-hybridized carbons (Fsp3) is 0.417. The number of hydrogen-bond donors (Lipinski definition) is 1. The summed E-state index contributed by atoms with van der Waals surface area (Å²) in [5.74, 6) is 0.0916. The number of halogens is 1. The van der Waals surface area contributed by atoms with Crippen LogP contribution in [-0.4, -0.2) is 29.3 Å². The zero-order valence-electron chi connectivity index (χ0n) is 18.0. The summed E-state index contributed by atoms with van der Waals surface area (Å²) in [4.78, 5) is 27.5. The molecule has 0 aliphatic heterocycles. The molecule has 2 aromatic carbocycles. The monoisotopic (exact) mass is 414 g/mol. The minimum Gasteiger partial charge on any atom is -0.354 e. The van der Waals surface area contributed by atoms with Crippen LogP contribution in [0, 0.1) is 19.8 Å². The molecule has 0 aliphatic carbocycles. The van der Waals surface area contributed by atoms with Gasteiger partial charge in [-0.05, 0) is 55.0 Å². The van der Waals surface area contributed by atoms with Gasteiger partial charge in [-0.25, -0.2) is 0 Å². The van der Waals surface area contributed by atoms with Gasteiger partial charge in [0.15, 0.2) is 0 Å². The SMILES string of the molecule is Cc1ccc(CC(=O)N(Cc2ccccc2Cl)C(C)C(=O)NCC(C)C)cc1C. The summed E-state index contributed by atoms with van der Waals surface area (Å²) in [5, 5.41) is 3.52. The van der Waals surface area contributed by atoms with Gasteiger partial charge in [0.1, 0.15) is 6.04 Å². The van der Waals surface area contributed by atoms with Crippen LogP contribution in [0.1, 0.15) is 43.0 Å². The molecule has 29 heavy (non-hydrogen) atoms. The maximum absolute atomic E-state index is 13.2. The first-order chi connectivity index (χ1) is 13.7. The third-order valence-electron chi connectivity index (χ3n) is 5.08. The van der Waals surface area contributed by atoms with E-state index in [1.165, 1.54) is 5.56 Å². The molecule has 0 bridgehead atoms. The van der Waals surface area contributed by atoms with Crippen LogP contribution >= 0.6 is 11.6 Å². The third kappa shape index (κ3) is 6.60. The Morgan fingerprint density at radius 3 is 2.34 bits per heavy atom. The highest BCUT2D eigenvalue weighted by atomic mass is 35.5. The molecule has 156 valence electrons. The molecular weight excluding hydrogens is 384 g/mol. The second kappa shape index (κ2) is 10.4. The lowest BCUT2D eigenvalue weighted by molar-refractivity contribution is -0.140. The smallest absolute Gasteiger partial charge is 0.242 e. The Bertz CT molecular complexity index is 864. The number of nitrogens with one attached hydrogen (secondary N) is 1. The Morgan fingerprint density at radius 1 is 1.03 bits per heavy atom. The number of rotatable bonds is 8. The van der Waals surface area contributed by atoms with Crippen molar-refractivity contribution in [3.8, 4) is 0 Å². The third-order valence-corrected chi connectivity index (χ3v) is 5.45. The van der Waals surface area contributed by atoms with Gasteiger partial charge in [0.05, 0.1) is 6.42 Å². The van der Waals surface area contributed by atoms with Crippen molar-refractivity contribution in [1.29, 1.82) is 0 Å². The van der Waals surface area contributed by atoms with Gasteiger partial charge in [-0.2, -0.15) is 0 Å². The van der Waals surface area contributed by atoms with Crippen molar-refractivity contribution in [3.05, 3.63) is 69.7 Å². The second-order valence-corrected chi connectivity index (χ2v) is 8.43. The molecule has 2 amide bonds. The molecule has 0 heterocycles. The highest BCUT2D eigenvalue weighted by molar-refractivity contribution is 6.31. The molecule has 0 aliphatic rings. The van der Waals surface area contributed by atoms with Gasteiger partial charge in [0.2, 0.25) is 11.8 Å². The van der Waals surface area contributed by atoms with Crippen LogP contribution in [0.3, 0.4) is 0 Å². The van der Waals surface area contributed by atoms with Crippen LogP contribution in [0.2, 0.25) is 5.02 Å². The van der Waals surface area contributed by atoms with Crippen LogP contribution in [0.5, 0.6) is 0 Å². The fourth-order valence-corrected chi connectivity index (χ4v) is 3.23. The zero-order valence-corrected chi connectivity index (χ0v) is 18.7. The number of carbonyl (C=O) groups is 2. The lowest BCUT2D eigenvalue weighted by atomic mass is 10.0. The number of aryl methyl sites for hydroxylation is 2. The van der Waals surface area contributed by atoms with Gasteiger partial charge in [0.25, 0.3) is 0 Å². The van der Waals surface area contributed by atoms with Gasteiger partial charge in [-0.3, -0.25) is 9.59 Å². The van der Waals surface area contributed by atoms with E-state index < -0.39 is 6.04 Å². The summed E-state index contributed by atoms with van der Waals surface area (Å²) in [6.45, 7) is 10.8. The van der Waals surface area contributed by atoms with Crippen molar-refractivity contribution in [2.75, 3.05) is 6.54 Å². The van der Waals surface area contributed by atoms with E-state index in [1.807, 2.05) is 64.1 Å². The lowest BCUT2D eigenvalue weighted by Gasteiger charge is -2.29. The van der Waals surface area contributed by atoms with Gasteiger partial charge in [-0.1, -0.05) is 61.8 Å².